The van der Waals surface area contributed by atoms with Gasteiger partial charge in [-0.3, -0.25) is 0 Å². The van der Waals surface area contributed by atoms with Crippen molar-refractivity contribution in [2.75, 3.05) is 26.7 Å². The number of rotatable bonds is 7. The first-order valence-corrected chi connectivity index (χ1v) is 6.34. The molecule has 0 saturated carbocycles. The van der Waals surface area contributed by atoms with E-state index < -0.39 is 12.6 Å². The molecule has 0 radical (unpaired) electrons. The highest BCUT2D eigenvalue weighted by atomic mass is 32.1. The molecule has 0 aliphatic rings. The first-order chi connectivity index (χ1) is 7.97. The Balaban J connectivity index is 2.02. The molecule has 0 spiro atoms. The zero-order valence-electron chi connectivity index (χ0n) is 9.76. The average Bonchev–Trinajstić information content (AvgIpc) is 2.73. The Morgan fingerprint density at radius 2 is 2.12 bits per heavy atom. The number of nitrogens with one attached hydrogen (secondary N) is 1. The summed E-state index contributed by atoms with van der Waals surface area (Å²) in [5.74, 6) is 0. The van der Waals surface area contributed by atoms with E-state index in [1.54, 1.807) is 23.3 Å². The highest BCUT2D eigenvalue weighted by Gasteiger charge is 2.26. The Morgan fingerprint density at radius 3 is 2.71 bits per heavy atom. The highest BCUT2D eigenvalue weighted by Crippen LogP contribution is 2.19. The van der Waals surface area contributed by atoms with Gasteiger partial charge in [-0.1, -0.05) is 6.07 Å². The summed E-state index contributed by atoms with van der Waals surface area (Å²) in [6.45, 7) is 2.17. The summed E-state index contributed by atoms with van der Waals surface area (Å²) in [5.41, 5.74) is 0. The van der Waals surface area contributed by atoms with E-state index in [1.165, 1.54) is 4.88 Å². The first-order valence-electron chi connectivity index (χ1n) is 5.46. The lowest BCUT2D eigenvalue weighted by molar-refractivity contribution is -0.137. The summed E-state index contributed by atoms with van der Waals surface area (Å²) in [6.07, 6.45) is -4.80. The van der Waals surface area contributed by atoms with Crippen LogP contribution in [0.25, 0.3) is 0 Å². The molecular formula is C11H17F3N2S. The fourth-order valence-electron chi connectivity index (χ4n) is 1.32. The van der Waals surface area contributed by atoms with Gasteiger partial charge >= 0.3 is 6.18 Å². The number of halogens is 3. The number of thiophene rings is 1. The molecule has 1 heterocycles. The van der Waals surface area contributed by atoms with Crippen molar-refractivity contribution in [1.82, 2.24) is 10.2 Å². The second-order valence-electron chi connectivity index (χ2n) is 3.92. The van der Waals surface area contributed by atoms with Gasteiger partial charge in [-0.2, -0.15) is 13.2 Å². The largest absolute Gasteiger partial charge is 0.390 e. The van der Waals surface area contributed by atoms with Gasteiger partial charge in [0.2, 0.25) is 0 Å². The fourth-order valence-corrected chi connectivity index (χ4v) is 2.00. The van der Waals surface area contributed by atoms with Crippen LogP contribution in [0, 0.1) is 0 Å². The van der Waals surface area contributed by atoms with E-state index in [0.29, 0.717) is 13.1 Å². The molecule has 17 heavy (non-hydrogen) atoms. The van der Waals surface area contributed by atoms with Crippen LogP contribution in [-0.4, -0.2) is 37.8 Å². The van der Waals surface area contributed by atoms with Crippen molar-refractivity contribution < 1.29 is 13.2 Å². The zero-order valence-corrected chi connectivity index (χ0v) is 10.6. The smallest absolute Gasteiger partial charge is 0.311 e. The fraction of sp³-hybridized carbons (Fsp3) is 0.636. The van der Waals surface area contributed by atoms with E-state index >= 15 is 0 Å². The quantitative estimate of drug-likeness (QED) is 0.763. The van der Waals surface area contributed by atoms with Crippen molar-refractivity contribution in [3.63, 3.8) is 0 Å². The standard InChI is InChI=1S/C11H17F3N2S/c1-16(6-4-11(12,13)14)7-5-15-9-10-3-2-8-17-10/h2-3,8,15H,4-7,9H2,1H3. The molecule has 1 aromatic heterocycles. The predicted molar refractivity (Wildman–Crippen MR) is 64.2 cm³/mol. The second kappa shape index (κ2) is 6.98. The molecule has 0 atom stereocenters. The van der Waals surface area contributed by atoms with Crippen LogP contribution in [0.5, 0.6) is 0 Å². The van der Waals surface area contributed by atoms with E-state index in [-0.39, 0.29) is 6.54 Å². The van der Waals surface area contributed by atoms with Gasteiger partial charge in [-0.15, -0.1) is 11.3 Å². The Kier molecular flexibility index (Phi) is 5.94. The number of hydrogen-bond acceptors (Lipinski definition) is 3. The lowest BCUT2D eigenvalue weighted by atomic mass is 10.4. The van der Waals surface area contributed by atoms with E-state index in [2.05, 4.69) is 5.32 Å². The summed E-state index contributed by atoms with van der Waals surface area (Å²) in [6, 6.07) is 4.02. The molecule has 0 amide bonds. The maximum atomic E-state index is 11.9. The van der Waals surface area contributed by atoms with Crippen LogP contribution in [0.15, 0.2) is 17.5 Å². The van der Waals surface area contributed by atoms with Gasteiger partial charge in [-0.05, 0) is 18.5 Å². The van der Waals surface area contributed by atoms with Crippen LogP contribution in [0.4, 0.5) is 13.2 Å². The van der Waals surface area contributed by atoms with Crippen molar-refractivity contribution >= 4 is 11.3 Å². The number of hydrogen-bond donors (Lipinski definition) is 1. The zero-order chi connectivity index (χ0) is 12.7. The van der Waals surface area contributed by atoms with Crippen molar-refractivity contribution in [2.24, 2.45) is 0 Å². The van der Waals surface area contributed by atoms with Crippen molar-refractivity contribution in [2.45, 2.75) is 19.1 Å². The first kappa shape index (κ1) is 14.5. The minimum absolute atomic E-state index is 0.0597. The summed E-state index contributed by atoms with van der Waals surface area (Å²) < 4.78 is 35.8. The van der Waals surface area contributed by atoms with E-state index in [0.717, 1.165) is 6.54 Å². The molecule has 0 unspecified atom stereocenters. The number of nitrogens with zero attached hydrogens (tertiary/aromatic N) is 1. The summed E-state index contributed by atoms with van der Waals surface area (Å²) in [4.78, 5) is 2.93. The molecule has 0 aliphatic carbocycles. The molecule has 1 rings (SSSR count). The van der Waals surface area contributed by atoms with Crippen LogP contribution in [0.2, 0.25) is 0 Å². The molecule has 0 aliphatic heterocycles. The van der Waals surface area contributed by atoms with Crippen molar-refractivity contribution in [3.05, 3.63) is 22.4 Å². The number of likely N-dealkylation sites (N-methyl/N-ethyl adjacent to an activating group) is 1. The summed E-state index contributed by atoms with van der Waals surface area (Å²) >= 11 is 1.67. The third-order valence-corrected chi connectivity index (χ3v) is 3.20. The molecule has 6 heteroatoms. The van der Waals surface area contributed by atoms with Gasteiger partial charge < -0.3 is 10.2 Å². The van der Waals surface area contributed by atoms with E-state index in [1.807, 2.05) is 17.5 Å². The third kappa shape index (κ3) is 7.36. The van der Waals surface area contributed by atoms with Crippen LogP contribution in [0.3, 0.4) is 0 Å². The van der Waals surface area contributed by atoms with Crippen molar-refractivity contribution in [3.8, 4) is 0 Å². The summed E-state index contributed by atoms with van der Waals surface area (Å²) in [7, 11) is 1.71. The molecule has 0 aromatic carbocycles. The van der Waals surface area contributed by atoms with Crippen LogP contribution < -0.4 is 5.32 Å². The minimum Gasteiger partial charge on any atom is -0.311 e. The maximum absolute atomic E-state index is 11.9. The Morgan fingerprint density at radius 1 is 1.35 bits per heavy atom. The molecule has 98 valence electrons. The SMILES string of the molecule is CN(CCNCc1cccs1)CCC(F)(F)F. The molecule has 0 bridgehead atoms. The molecule has 0 saturated heterocycles. The number of alkyl halides is 3. The Labute approximate surface area is 103 Å². The van der Waals surface area contributed by atoms with Crippen LogP contribution in [-0.2, 0) is 6.54 Å². The topological polar surface area (TPSA) is 15.3 Å². The van der Waals surface area contributed by atoms with Crippen molar-refractivity contribution in [1.29, 1.82) is 0 Å². The Hall–Kier alpha value is -0.590. The second-order valence-corrected chi connectivity index (χ2v) is 4.96. The van der Waals surface area contributed by atoms with E-state index in [4.69, 9.17) is 0 Å². The van der Waals surface area contributed by atoms with Gasteiger partial charge in [0.1, 0.15) is 0 Å². The molecule has 1 aromatic rings. The van der Waals surface area contributed by atoms with Gasteiger partial charge in [-0.25, -0.2) is 0 Å². The molecule has 2 nitrogen and oxygen atoms in total. The average molecular weight is 266 g/mol. The van der Waals surface area contributed by atoms with Gasteiger partial charge in [0.25, 0.3) is 0 Å². The van der Waals surface area contributed by atoms with Gasteiger partial charge in [0.05, 0.1) is 6.42 Å². The predicted octanol–water partition coefficient (Wildman–Crippen LogP) is 2.72. The third-order valence-electron chi connectivity index (χ3n) is 2.33. The monoisotopic (exact) mass is 266 g/mol. The minimum atomic E-state index is -4.06. The summed E-state index contributed by atoms with van der Waals surface area (Å²) in [5, 5.41) is 5.21. The molecule has 1 N–H and O–H groups in total. The molecular weight excluding hydrogens is 249 g/mol. The highest BCUT2D eigenvalue weighted by molar-refractivity contribution is 7.09. The lowest BCUT2D eigenvalue weighted by Crippen LogP contribution is -2.31. The van der Waals surface area contributed by atoms with Gasteiger partial charge in [0.15, 0.2) is 0 Å². The normalized spacial score (nSPS) is 12.3. The molecule has 0 fully saturated rings. The van der Waals surface area contributed by atoms with Crippen LogP contribution >= 0.6 is 11.3 Å². The Bertz CT molecular complexity index is 298. The lowest BCUT2D eigenvalue weighted by Gasteiger charge is -2.17. The maximum Gasteiger partial charge on any atom is 0.390 e. The van der Waals surface area contributed by atoms with Crippen LogP contribution in [0.1, 0.15) is 11.3 Å². The van der Waals surface area contributed by atoms with Gasteiger partial charge in [0, 0.05) is 31.1 Å². The van der Waals surface area contributed by atoms with E-state index in [9.17, 15) is 13.2 Å².